The molecule has 0 aliphatic carbocycles. The van der Waals surface area contributed by atoms with Crippen molar-refractivity contribution in [1.29, 1.82) is 0 Å². The standard InChI is InChI=1S/C17H18Cl2N2O4/c1-10(14-6-7-15(25-14)17(23)24-3)21(2)9-16(22)20-11-4-5-12(18)13(19)8-11/h4-8,10H,9H2,1-3H3,(H,20,22)/t10-/m1/s1. The minimum absolute atomic E-state index is 0.121. The fraction of sp³-hybridized carbons (Fsp3) is 0.294. The van der Waals surface area contributed by atoms with E-state index in [1.807, 2.05) is 6.92 Å². The molecule has 1 heterocycles. The average molecular weight is 385 g/mol. The fourth-order valence-electron chi connectivity index (χ4n) is 2.14. The van der Waals surface area contributed by atoms with Crippen LogP contribution < -0.4 is 5.32 Å². The number of likely N-dealkylation sites (N-methyl/N-ethyl adjacent to an activating group) is 1. The normalized spacial score (nSPS) is 12.1. The second kappa shape index (κ2) is 8.38. The molecule has 2 aromatic rings. The smallest absolute Gasteiger partial charge is 0.373 e. The first kappa shape index (κ1) is 19.3. The Labute approximate surface area is 155 Å². The molecule has 0 bridgehead atoms. The Balaban J connectivity index is 1.96. The van der Waals surface area contributed by atoms with Gasteiger partial charge in [-0.15, -0.1) is 0 Å². The van der Waals surface area contributed by atoms with Gasteiger partial charge >= 0.3 is 5.97 Å². The van der Waals surface area contributed by atoms with Crippen LogP contribution in [0.15, 0.2) is 34.7 Å². The Morgan fingerprint density at radius 3 is 2.60 bits per heavy atom. The fourth-order valence-corrected chi connectivity index (χ4v) is 2.44. The number of nitrogens with one attached hydrogen (secondary N) is 1. The summed E-state index contributed by atoms with van der Waals surface area (Å²) < 4.78 is 10.1. The third-order valence-corrected chi connectivity index (χ3v) is 4.42. The maximum absolute atomic E-state index is 12.2. The van der Waals surface area contributed by atoms with Gasteiger partial charge in [-0.3, -0.25) is 9.69 Å². The number of amides is 1. The van der Waals surface area contributed by atoms with Crippen LogP contribution in [0.5, 0.6) is 0 Å². The van der Waals surface area contributed by atoms with E-state index >= 15 is 0 Å². The summed E-state index contributed by atoms with van der Waals surface area (Å²) in [5.74, 6) is -0.0748. The predicted molar refractivity (Wildman–Crippen MR) is 96.2 cm³/mol. The number of carbonyl (C=O) groups is 2. The number of methoxy groups -OCH3 is 1. The second-order valence-corrected chi connectivity index (χ2v) is 6.28. The van der Waals surface area contributed by atoms with Crippen molar-refractivity contribution in [1.82, 2.24) is 4.90 Å². The highest BCUT2D eigenvalue weighted by molar-refractivity contribution is 6.42. The van der Waals surface area contributed by atoms with Gasteiger partial charge in [0.25, 0.3) is 0 Å². The molecule has 0 saturated carbocycles. The number of carbonyl (C=O) groups excluding carboxylic acids is 2. The number of rotatable bonds is 6. The van der Waals surface area contributed by atoms with Crippen molar-refractivity contribution in [2.24, 2.45) is 0 Å². The molecule has 25 heavy (non-hydrogen) atoms. The van der Waals surface area contributed by atoms with Crippen molar-refractivity contribution in [3.05, 3.63) is 51.9 Å². The van der Waals surface area contributed by atoms with Gasteiger partial charge in [-0.2, -0.15) is 0 Å². The lowest BCUT2D eigenvalue weighted by Gasteiger charge is -2.22. The highest BCUT2D eigenvalue weighted by Gasteiger charge is 2.20. The van der Waals surface area contributed by atoms with E-state index < -0.39 is 5.97 Å². The molecule has 6 nitrogen and oxygen atoms in total. The highest BCUT2D eigenvalue weighted by atomic mass is 35.5. The molecule has 0 radical (unpaired) electrons. The monoisotopic (exact) mass is 384 g/mol. The van der Waals surface area contributed by atoms with Crippen LogP contribution >= 0.6 is 23.2 Å². The van der Waals surface area contributed by atoms with Gasteiger partial charge in [0.2, 0.25) is 11.7 Å². The molecule has 2 rings (SSSR count). The van der Waals surface area contributed by atoms with Gasteiger partial charge < -0.3 is 14.5 Å². The first-order valence-corrected chi connectivity index (χ1v) is 8.20. The molecular weight excluding hydrogens is 367 g/mol. The Bertz CT molecular complexity index is 776. The minimum Gasteiger partial charge on any atom is -0.463 e. The molecule has 1 atom stereocenters. The Morgan fingerprint density at radius 2 is 1.96 bits per heavy atom. The number of hydrogen-bond donors (Lipinski definition) is 1. The van der Waals surface area contributed by atoms with E-state index in [-0.39, 0.29) is 24.3 Å². The molecule has 0 aliphatic heterocycles. The van der Waals surface area contributed by atoms with E-state index in [1.165, 1.54) is 7.11 Å². The van der Waals surface area contributed by atoms with Crippen LogP contribution in [0.2, 0.25) is 10.0 Å². The summed E-state index contributed by atoms with van der Waals surface area (Å²) in [5, 5.41) is 3.54. The Kier molecular flexibility index (Phi) is 6.47. The molecule has 0 aliphatic rings. The van der Waals surface area contributed by atoms with Crippen LogP contribution in [0.1, 0.15) is 29.3 Å². The van der Waals surface area contributed by atoms with Crippen LogP contribution in [0.25, 0.3) is 0 Å². The van der Waals surface area contributed by atoms with Crippen LogP contribution in [0.3, 0.4) is 0 Å². The van der Waals surface area contributed by atoms with Crippen molar-refractivity contribution in [3.63, 3.8) is 0 Å². The zero-order valence-electron chi connectivity index (χ0n) is 14.0. The third kappa shape index (κ3) is 4.98. The van der Waals surface area contributed by atoms with Crippen LogP contribution in [-0.2, 0) is 9.53 Å². The lowest BCUT2D eigenvalue weighted by molar-refractivity contribution is -0.117. The van der Waals surface area contributed by atoms with Gasteiger partial charge in [-0.05, 0) is 44.3 Å². The molecule has 1 aromatic heterocycles. The number of hydrogen-bond acceptors (Lipinski definition) is 5. The van der Waals surface area contributed by atoms with Crippen molar-refractivity contribution < 1.29 is 18.7 Å². The molecule has 1 amide bonds. The molecule has 0 spiro atoms. The molecule has 1 N–H and O–H groups in total. The van der Waals surface area contributed by atoms with E-state index in [0.717, 1.165) is 0 Å². The van der Waals surface area contributed by atoms with Gasteiger partial charge in [0, 0.05) is 5.69 Å². The quantitative estimate of drug-likeness (QED) is 0.761. The topological polar surface area (TPSA) is 71.8 Å². The summed E-state index contributed by atoms with van der Waals surface area (Å²) in [6.45, 7) is 1.99. The van der Waals surface area contributed by atoms with Gasteiger partial charge in [0.15, 0.2) is 0 Å². The van der Waals surface area contributed by atoms with Gasteiger partial charge in [0.1, 0.15) is 5.76 Å². The lowest BCUT2D eigenvalue weighted by atomic mass is 10.2. The number of ether oxygens (including phenoxy) is 1. The highest BCUT2D eigenvalue weighted by Crippen LogP contribution is 2.25. The van der Waals surface area contributed by atoms with Gasteiger partial charge in [0.05, 0.1) is 29.7 Å². The van der Waals surface area contributed by atoms with E-state index in [2.05, 4.69) is 10.1 Å². The SMILES string of the molecule is COC(=O)c1ccc([C@@H](C)N(C)CC(=O)Nc2ccc(Cl)c(Cl)c2)o1. The molecule has 0 unspecified atom stereocenters. The van der Waals surface area contributed by atoms with E-state index in [1.54, 1.807) is 42.3 Å². The number of anilines is 1. The first-order valence-electron chi connectivity index (χ1n) is 7.45. The lowest BCUT2D eigenvalue weighted by Crippen LogP contribution is -2.32. The van der Waals surface area contributed by atoms with Gasteiger partial charge in [-0.1, -0.05) is 23.2 Å². The molecule has 0 fully saturated rings. The summed E-state index contributed by atoms with van der Waals surface area (Å²) in [7, 11) is 3.06. The zero-order valence-corrected chi connectivity index (χ0v) is 15.5. The maximum atomic E-state index is 12.2. The Hall–Kier alpha value is -2.02. The number of benzene rings is 1. The largest absolute Gasteiger partial charge is 0.463 e. The first-order chi connectivity index (χ1) is 11.8. The zero-order chi connectivity index (χ0) is 18.6. The van der Waals surface area contributed by atoms with Crippen molar-refractivity contribution in [2.75, 3.05) is 26.0 Å². The number of furan rings is 1. The van der Waals surface area contributed by atoms with Crippen molar-refractivity contribution in [2.45, 2.75) is 13.0 Å². The number of nitrogens with zero attached hydrogens (tertiary/aromatic N) is 1. The van der Waals surface area contributed by atoms with Crippen molar-refractivity contribution >= 4 is 40.8 Å². The Morgan fingerprint density at radius 1 is 1.24 bits per heavy atom. The summed E-state index contributed by atoms with van der Waals surface area (Å²) in [4.78, 5) is 25.4. The van der Waals surface area contributed by atoms with Crippen LogP contribution in [-0.4, -0.2) is 37.5 Å². The van der Waals surface area contributed by atoms with E-state index in [4.69, 9.17) is 27.6 Å². The summed E-state index contributed by atoms with van der Waals surface area (Å²) >= 11 is 11.8. The van der Waals surface area contributed by atoms with Gasteiger partial charge in [-0.25, -0.2) is 4.79 Å². The van der Waals surface area contributed by atoms with E-state index in [9.17, 15) is 9.59 Å². The van der Waals surface area contributed by atoms with E-state index in [0.29, 0.717) is 21.5 Å². The maximum Gasteiger partial charge on any atom is 0.373 e. The van der Waals surface area contributed by atoms with Crippen LogP contribution in [0, 0.1) is 0 Å². The molecule has 0 saturated heterocycles. The number of esters is 1. The molecular formula is C17H18Cl2N2O4. The van der Waals surface area contributed by atoms with Crippen LogP contribution in [0.4, 0.5) is 5.69 Å². The summed E-state index contributed by atoms with van der Waals surface area (Å²) in [6.07, 6.45) is 0. The second-order valence-electron chi connectivity index (χ2n) is 5.46. The predicted octanol–water partition coefficient (Wildman–Crippen LogP) is 4.00. The average Bonchev–Trinajstić information content (AvgIpc) is 3.06. The summed E-state index contributed by atoms with van der Waals surface area (Å²) in [6, 6.07) is 7.89. The molecule has 8 heteroatoms. The third-order valence-electron chi connectivity index (χ3n) is 3.68. The molecule has 1 aromatic carbocycles. The number of halogens is 2. The van der Waals surface area contributed by atoms with Crippen molar-refractivity contribution in [3.8, 4) is 0 Å². The summed E-state index contributed by atoms with van der Waals surface area (Å²) in [5.41, 5.74) is 0.562. The molecule has 134 valence electrons. The minimum atomic E-state index is -0.543.